The number of hydrogen-bond acceptors (Lipinski definition) is 4. The van der Waals surface area contributed by atoms with E-state index in [0.29, 0.717) is 24.5 Å². The molecule has 168 valence electrons. The van der Waals surface area contributed by atoms with Crippen LogP contribution in [-0.2, 0) is 11.3 Å². The lowest BCUT2D eigenvalue weighted by molar-refractivity contribution is -0.122. The molecule has 8 nitrogen and oxygen atoms in total. The van der Waals surface area contributed by atoms with Gasteiger partial charge in [-0.25, -0.2) is 9.78 Å². The summed E-state index contributed by atoms with van der Waals surface area (Å²) in [6.07, 6.45) is 1.83. The van der Waals surface area contributed by atoms with E-state index in [9.17, 15) is 9.59 Å². The third kappa shape index (κ3) is 4.54. The maximum atomic E-state index is 13.1. The molecule has 3 aromatic rings. The molecular formula is C24H29N5O3. The van der Waals surface area contributed by atoms with Gasteiger partial charge in [0.1, 0.15) is 11.6 Å². The van der Waals surface area contributed by atoms with E-state index in [1.54, 1.807) is 24.3 Å². The summed E-state index contributed by atoms with van der Waals surface area (Å²) in [4.78, 5) is 31.3. The van der Waals surface area contributed by atoms with Crippen molar-refractivity contribution >= 4 is 28.7 Å². The molecule has 8 heteroatoms. The van der Waals surface area contributed by atoms with Crippen LogP contribution in [0.5, 0.6) is 5.75 Å². The lowest BCUT2D eigenvalue weighted by atomic mass is 10.2. The fraction of sp³-hybridized carbons (Fsp3) is 0.375. The average Bonchev–Trinajstić information content (AvgIpc) is 3.43. The number of imidazole rings is 1. The summed E-state index contributed by atoms with van der Waals surface area (Å²) in [5, 5.41) is 5.67. The molecule has 0 saturated carbocycles. The quantitative estimate of drug-likeness (QED) is 0.588. The van der Waals surface area contributed by atoms with Gasteiger partial charge in [-0.2, -0.15) is 0 Å². The first-order valence-electron chi connectivity index (χ1n) is 11.1. The lowest BCUT2D eigenvalue weighted by Gasteiger charge is -2.25. The number of rotatable bonds is 7. The number of para-hydroxylation sites is 2. The lowest BCUT2D eigenvalue weighted by Crippen LogP contribution is -2.35. The topological polar surface area (TPSA) is 88.5 Å². The van der Waals surface area contributed by atoms with Gasteiger partial charge < -0.3 is 24.8 Å². The van der Waals surface area contributed by atoms with Crippen LogP contribution in [0.1, 0.15) is 38.6 Å². The molecule has 0 aliphatic carbocycles. The molecule has 4 rings (SSSR count). The first kappa shape index (κ1) is 21.7. The van der Waals surface area contributed by atoms with Crippen LogP contribution in [0.15, 0.2) is 48.5 Å². The SMILES string of the molecule is CCNC(=O)COc1ccc(NC(=O)N2CCCC2c2nc3ccccc3n2CC)cc1. The summed E-state index contributed by atoms with van der Waals surface area (Å²) in [6, 6.07) is 14.9. The van der Waals surface area contributed by atoms with Crippen LogP contribution in [0.4, 0.5) is 10.5 Å². The third-order valence-electron chi connectivity index (χ3n) is 5.66. The van der Waals surface area contributed by atoms with Gasteiger partial charge in [0, 0.05) is 25.3 Å². The van der Waals surface area contributed by atoms with E-state index in [1.807, 2.05) is 30.0 Å². The van der Waals surface area contributed by atoms with Gasteiger partial charge in [0.25, 0.3) is 5.91 Å². The van der Waals surface area contributed by atoms with E-state index in [2.05, 4.69) is 28.2 Å². The van der Waals surface area contributed by atoms with E-state index < -0.39 is 0 Å². The molecule has 1 unspecified atom stereocenters. The Morgan fingerprint density at radius 2 is 1.91 bits per heavy atom. The maximum Gasteiger partial charge on any atom is 0.322 e. The monoisotopic (exact) mass is 435 g/mol. The maximum absolute atomic E-state index is 13.1. The minimum absolute atomic E-state index is 0.0343. The Kier molecular flexibility index (Phi) is 6.58. The predicted octanol–water partition coefficient (Wildman–Crippen LogP) is 3.94. The molecule has 0 radical (unpaired) electrons. The number of amides is 3. The van der Waals surface area contributed by atoms with Crippen LogP contribution >= 0.6 is 0 Å². The number of carbonyl (C=O) groups is 2. The van der Waals surface area contributed by atoms with Crippen molar-refractivity contribution in [2.45, 2.75) is 39.3 Å². The number of hydrogen-bond donors (Lipinski definition) is 2. The number of urea groups is 1. The van der Waals surface area contributed by atoms with Gasteiger partial charge in [0.15, 0.2) is 6.61 Å². The number of carbonyl (C=O) groups excluding carboxylic acids is 2. The first-order valence-corrected chi connectivity index (χ1v) is 11.1. The highest BCUT2D eigenvalue weighted by Crippen LogP contribution is 2.34. The Morgan fingerprint density at radius 1 is 1.12 bits per heavy atom. The van der Waals surface area contributed by atoms with Gasteiger partial charge in [-0.3, -0.25) is 4.79 Å². The largest absolute Gasteiger partial charge is 0.484 e. The van der Waals surface area contributed by atoms with Gasteiger partial charge in [-0.15, -0.1) is 0 Å². The zero-order chi connectivity index (χ0) is 22.5. The van der Waals surface area contributed by atoms with E-state index in [4.69, 9.17) is 9.72 Å². The second kappa shape index (κ2) is 9.72. The van der Waals surface area contributed by atoms with Gasteiger partial charge in [-0.1, -0.05) is 12.1 Å². The van der Waals surface area contributed by atoms with Gasteiger partial charge in [-0.05, 0) is 63.1 Å². The number of likely N-dealkylation sites (tertiary alicyclic amines) is 1. The average molecular weight is 436 g/mol. The first-order chi connectivity index (χ1) is 15.6. The molecular weight excluding hydrogens is 406 g/mol. The number of nitrogens with zero attached hydrogens (tertiary/aromatic N) is 3. The van der Waals surface area contributed by atoms with Crippen molar-refractivity contribution in [3.8, 4) is 5.75 Å². The van der Waals surface area contributed by atoms with Gasteiger partial charge >= 0.3 is 6.03 Å². The molecule has 1 saturated heterocycles. The van der Waals surface area contributed by atoms with Gasteiger partial charge in [0.05, 0.1) is 17.1 Å². The Labute approximate surface area is 187 Å². The summed E-state index contributed by atoms with van der Waals surface area (Å²) >= 11 is 0. The highest BCUT2D eigenvalue weighted by Gasteiger charge is 2.33. The summed E-state index contributed by atoms with van der Waals surface area (Å²) in [5.74, 6) is 1.35. The highest BCUT2D eigenvalue weighted by molar-refractivity contribution is 5.90. The van der Waals surface area contributed by atoms with Crippen molar-refractivity contribution in [3.05, 3.63) is 54.4 Å². The molecule has 0 spiro atoms. The number of benzene rings is 2. The van der Waals surface area contributed by atoms with Gasteiger partial charge in [0.2, 0.25) is 0 Å². The number of aryl methyl sites for hydroxylation is 1. The van der Waals surface area contributed by atoms with Crippen LogP contribution in [-0.4, -0.2) is 46.1 Å². The third-order valence-corrected chi connectivity index (χ3v) is 5.66. The van der Waals surface area contributed by atoms with Crippen molar-refractivity contribution in [3.63, 3.8) is 0 Å². The number of ether oxygens (including phenoxy) is 1. The summed E-state index contributed by atoms with van der Waals surface area (Å²) in [7, 11) is 0. The predicted molar refractivity (Wildman–Crippen MR) is 124 cm³/mol. The fourth-order valence-electron chi connectivity index (χ4n) is 4.19. The number of aromatic nitrogens is 2. The molecule has 0 bridgehead atoms. The summed E-state index contributed by atoms with van der Waals surface area (Å²) in [6.45, 7) is 5.99. The Balaban J connectivity index is 1.44. The number of fused-ring (bicyclic) bond motifs is 1. The second-order valence-corrected chi connectivity index (χ2v) is 7.75. The minimum Gasteiger partial charge on any atom is -0.484 e. The van der Waals surface area contributed by atoms with Crippen LogP contribution in [0.25, 0.3) is 11.0 Å². The summed E-state index contributed by atoms with van der Waals surface area (Å²) < 4.78 is 7.66. The molecule has 2 N–H and O–H groups in total. The molecule has 1 atom stereocenters. The Hall–Kier alpha value is -3.55. The van der Waals surface area contributed by atoms with Crippen molar-refractivity contribution in [2.75, 3.05) is 25.0 Å². The van der Waals surface area contributed by atoms with Crippen LogP contribution in [0.3, 0.4) is 0 Å². The smallest absolute Gasteiger partial charge is 0.322 e. The fourth-order valence-corrected chi connectivity index (χ4v) is 4.19. The van der Waals surface area contributed by atoms with Crippen molar-refractivity contribution in [2.24, 2.45) is 0 Å². The molecule has 2 heterocycles. The van der Waals surface area contributed by atoms with E-state index in [1.165, 1.54) is 0 Å². The zero-order valence-electron chi connectivity index (χ0n) is 18.5. The summed E-state index contributed by atoms with van der Waals surface area (Å²) in [5.41, 5.74) is 2.73. The van der Waals surface area contributed by atoms with E-state index in [0.717, 1.165) is 36.2 Å². The normalized spacial score (nSPS) is 15.7. The Bertz CT molecular complexity index is 1090. The second-order valence-electron chi connectivity index (χ2n) is 7.75. The van der Waals surface area contributed by atoms with Crippen molar-refractivity contribution in [1.82, 2.24) is 19.8 Å². The number of anilines is 1. The Morgan fingerprint density at radius 3 is 2.66 bits per heavy atom. The van der Waals surface area contributed by atoms with Crippen molar-refractivity contribution in [1.29, 1.82) is 0 Å². The van der Waals surface area contributed by atoms with E-state index >= 15 is 0 Å². The molecule has 1 aromatic heterocycles. The van der Waals surface area contributed by atoms with Crippen molar-refractivity contribution < 1.29 is 14.3 Å². The van der Waals surface area contributed by atoms with Crippen LogP contribution in [0, 0.1) is 0 Å². The molecule has 32 heavy (non-hydrogen) atoms. The van der Waals surface area contributed by atoms with Crippen LogP contribution in [0.2, 0.25) is 0 Å². The highest BCUT2D eigenvalue weighted by atomic mass is 16.5. The van der Waals surface area contributed by atoms with E-state index in [-0.39, 0.29) is 24.6 Å². The molecule has 1 fully saturated rings. The van der Waals surface area contributed by atoms with Crippen LogP contribution < -0.4 is 15.4 Å². The molecule has 3 amide bonds. The molecule has 1 aliphatic heterocycles. The molecule has 1 aliphatic rings. The standard InChI is InChI=1S/C24H29N5O3/c1-3-25-22(30)16-32-18-13-11-17(12-14-18)26-24(31)29-15-7-10-21(29)23-27-19-8-5-6-9-20(19)28(23)4-2/h5-6,8-9,11-14,21H,3-4,7,10,15-16H2,1-2H3,(H,25,30)(H,26,31). The minimum atomic E-state index is -0.164. The zero-order valence-corrected chi connectivity index (χ0v) is 18.5. The number of likely N-dealkylation sites (N-methyl/N-ethyl adjacent to an activating group) is 1. The number of nitrogens with one attached hydrogen (secondary N) is 2. The molecule has 2 aromatic carbocycles.